The molecular formula is C12H17NOS2. The molecule has 0 spiro atoms. The van der Waals surface area contributed by atoms with Crippen LogP contribution >= 0.6 is 24.4 Å². The molecular weight excluding hydrogens is 238 g/mol. The predicted octanol–water partition coefficient (Wildman–Crippen LogP) is 2.85. The van der Waals surface area contributed by atoms with Crippen molar-refractivity contribution in [2.75, 3.05) is 12.0 Å². The van der Waals surface area contributed by atoms with Gasteiger partial charge in [-0.25, -0.2) is 0 Å². The minimum Gasteiger partial charge on any atom is -0.350 e. The summed E-state index contributed by atoms with van der Waals surface area (Å²) in [5.41, 5.74) is 0.670. The molecule has 0 aliphatic carbocycles. The highest BCUT2D eigenvalue weighted by molar-refractivity contribution is 7.98. The van der Waals surface area contributed by atoms with Gasteiger partial charge in [-0.05, 0) is 43.6 Å². The van der Waals surface area contributed by atoms with E-state index in [2.05, 4.69) is 24.2 Å². The molecule has 1 rings (SSSR count). The molecule has 1 amide bonds. The van der Waals surface area contributed by atoms with Crippen LogP contribution in [0.1, 0.15) is 23.7 Å². The topological polar surface area (TPSA) is 29.1 Å². The van der Waals surface area contributed by atoms with Gasteiger partial charge in [0.15, 0.2) is 0 Å². The van der Waals surface area contributed by atoms with Gasteiger partial charge in [0.1, 0.15) is 0 Å². The second kappa shape index (κ2) is 6.86. The number of benzene rings is 1. The summed E-state index contributed by atoms with van der Waals surface area (Å²) in [6.07, 6.45) is 3.06. The van der Waals surface area contributed by atoms with Crippen molar-refractivity contribution in [1.82, 2.24) is 5.32 Å². The third-order valence-corrected chi connectivity index (χ3v) is 3.16. The molecule has 1 aromatic carbocycles. The highest BCUT2D eigenvalue weighted by Gasteiger charge is 2.09. The normalized spacial score (nSPS) is 12.2. The van der Waals surface area contributed by atoms with Gasteiger partial charge in [0.05, 0.1) is 0 Å². The second-order valence-electron chi connectivity index (χ2n) is 3.71. The van der Waals surface area contributed by atoms with E-state index in [1.165, 1.54) is 0 Å². The number of amides is 1. The van der Waals surface area contributed by atoms with Crippen LogP contribution in [0.3, 0.4) is 0 Å². The zero-order valence-electron chi connectivity index (χ0n) is 9.56. The number of rotatable bonds is 5. The highest BCUT2D eigenvalue weighted by atomic mass is 32.2. The maximum Gasteiger partial charge on any atom is 0.251 e. The van der Waals surface area contributed by atoms with Crippen molar-refractivity contribution < 1.29 is 4.79 Å². The van der Waals surface area contributed by atoms with E-state index >= 15 is 0 Å². The van der Waals surface area contributed by atoms with Crippen molar-refractivity contribution in [3.8, 4) is 0 Å². The van der Waals surface area contributed by atoms with Crippen LogP contribution in [0.2, 0.25) is 0 Å². The first-order chi connectivity index (χ1) is 7.63. The predicted molar refractivity (Wildman–Crippen MR) is 73.6 cm³/mol. The van der Waals surface area contributed by atoms with Crippen molar-refractivity contribution in [2.45, 2.75) is 24.3 Å². The number of thiol groups is 1. The lowest BCUT2D eigenvalue weighted by Crippen LogP contribution is -2.32. The Morgan fingerprint density at radius 1 is 1.56 bits per heavy atom. The van der Waals surface area contributed by atoms with Crippen molar-refractivity contribution in [3.05, 3.63) is 29.8 Å². The lowest BCUT2D eigenvalue weighted by Gasteiger charge is -2.13. The van der Waals surface area contributed by atoms with Crippen LogP contribution in [0.4, 0.5) is 0 Å². The minimum absolute atomic E-state index is 0.0236. The summed E-state index contributed by atoms with van der Waals surface area (Å²) < 4.78 is 0. The van der Waals surface area contributed by atoms with Gasteiger partial charge in [-0.3, -0.25) is 4.79 Å². The van der Waals surface area contributed by atoms with Gasteiger partial charge in [0.2, 0.25) is 0 Å². The summed E-state index contributed by atoms with van der Waals surface area (Å²) in [6.45, 7) is 2.03. The van der Waals surface area contributed by atoms with Crippen molar-refractivity contribution in [3.63, 3.8) is 0 Å². The summed E-state index contributed by atoms with van der Waals surface area (Å²) >= 11 is 6.00. The second-order valence-corrected chi connectivity index (χ2v) is 5.21. The summed E-state index contributed by atoms with van der Waals surface area (Å²) in [5.74, 6) is 1.04. The number of thioether (sulfide) groups is 1. The molecule has 2 nitrogen and oxygen atoms in total. The lowest BCUT2D eigenvalue weighted by molar-refractivity contribution is 0.0939. The van der Waals surface area contributed by atoms with E-state index in [0.717, 1.165) is 17.1 Å². The molecule has 0 aliphatic rings. The average Bonchev–Trinajstić information content (AvgIpc) is 2.26. The number of hydrogen-bond donors (Lipinski definition) is 2. The molecule has 0 aliphatic heterocycles. The monoisotopic (exact) mass is 255 g/mol. The van der Waals surface area contributed by atoms with Gasteiger partial charge < -0.3 is 5.32 Å². The largest absolute Gasteiger partial charge is 0.350 e. The Bertz CT molecular complexity index is 355. The molecule has 1 atom stereocenters. The van der Waals surface area contributed by atoms with Crippen LogP contribution in [0.25, 0.3) is 0 Å². The van der Waals surface area contributed by atoms with Gasteiger partial charge in [0, 0.05) is 16.5 Å². The maximum absolute atomic E-state index is 11.8. The van der Waals surface area contributed by atoms with Crippen LogP contribution in [0, 0.1) is 0 Å². The summed E-state index contributed by atoms with van der Waals surface area (Å²) in [5, 5.41) is 2.97. The van der Waals surface area contributed by atoms with Crippen molar-refractivity contribution >= 4 is 30.3 Å². The fraction of sp³-hybridized carbons (Fsp3) is 0.417. The molecule has 0 radical (unpaired) electrons. The Balaban J connectivity index is 2.52. The molecule has 4 heteroatoms. The SMILES string of the molecule is CSCCC(C)NC(=O)c1cccc(S)c1. The maximum atomic E-state index is 11.8. The quantitative estimate of drug-likeness (QED) is 0.792. The van der Waals surface area contributed by atoms with Gasteiger partial charge >= 0.3 is 0 Å². The molecule has 88 valence electrons. The Hall–Kier alpha value is -0.610. The average molecular weight is 255 g/mol. The Morgan fingerprint density at radius 3 is 2.94 bits per heavy atom. The van der Waals surface area contributed by atoms with E-state index in [0.29, 0.717) is 5.56 Å². The molecule has 0 saturated heterocycles. The molecule has 0 fully saturated rings. The molecule has 1 aromatic rings. The summed E-state index contributed by atoms with van der Waals surface area (Å²) in [4.78, 5) is 12.6. The third-order valence-electron chi connectivity index (χ3n) is 2.24. The fourth-order valence-electron chi connectivity index (χ4n) is 1.32. The van der Waals surface area contributed by atoms with Crippen molar-refractivity contribution in [1.29, 1.82) is 0 Å². The first-order valence-corrected chi connectivity index (χ1v) is 7.06. The van der Waals surface area contributed by atoms with E-state index < -0.39 is 0 Å². The number of nitrogens with one attached hydrogen (secondary N) is 1. The molecule has 1 unspecified atom stereocenters. The standard InChI is InChI=1S/C12H17NOS2/c1-9(6-7-16-2)13-12(14)10-4-3-5-11(15)8-10/h3-5,8-9,15H,6-7H2,1-2H3,(H,13,14). The molecule has 16 heavy (non-hydrogen) atoms. The van der Waals surface area contributed by atoms with Gasteiger partial charge in [0.25, 0.3) is 5.91 Å². The van der Waals surface area contributed by atoms with Crippen LogP contribution in [0.15, 0.2) is 29.2 Å². The first-order valence-electron chi connectivity index (χ1n) is 5.22. The van der Waals surface area contributed by atoms with Gasteiger partial charge in [-0.1, -0.05) is 6.07 Å². The van der Waals surface area contributed by atoms with E-state index in [-0.39, 0.29) is 11.9 Å². The zero-order chi connectivity index (χ0) is 12.0. The van der Waals surface area contributed by atoms with E-state index in [1.54, 1.807) is 23.9 Å². The zero-order valence-corrected chi connectivity index (χ0v) is 11.3. The molecule has 0 bridgehead atoms. The van der Waals surface area contributed by atoms with Crippen LogP contribution < -0.4 is 5.32 Å². The van der Waals surface area contributed by atoms with Crippen LogP contribution in [0.5, 0.6) is 0 Å². The minimum atomic E-state index is -0.0236. The number of carbonyl (C=O) groups excluding carboxylic acids is 1. The molecule has 0 aromatic heterocycles. The van der Waals surface area contributed by atoms with Crippen LogP contribution in [-0.2, 0) is 0 Å². The fourth-order valence-corrected chi connectivity index (χ4v) is 2.14. The third kappa shape index (κ3) is 4.49. The van der Waals surface area contributed by atoms with Gasteiger partial charge in [-0.15, -0.1) is 12.6 Å². The molecule has 0 saturated carbocycles. The van der Waals surface area contributed by atoms with E-state index in [4.69, 9.17) is 0 Å². The smallest absolute Gasteiger partial charge is 0.251 e. The lowest BCUT2D eigenvalue weighted by atomic mass is 10.2. The Morgan fingerprint density at radius 2 is 2.31 bits per heavy atom. The first kappa shape index (κ1) is 13.5. The van der Waals surface area contributed by atoms with E-state index in [1.807, 2.05) is 19.1 Å². The number of hydrogen-bond acceptors (Lipinski definition) is 3. The Labute approximate surface area is 107 Å². The highest BCUT2D eigenvalue weighted by Crippen LogP contribution is 2.09. The molecule has 0 heterocycles. The van der Waals surface area contributed by atoms with Crippen molar-refractivity contribution in [2.24, 2.45) is 0 Å². The van der Waals surface area contributed by atoms with Gasteiger partial charge in [-0.2, -0.15) is 11.8 Å². The summed E-state index contributed by atoms with van der Waals surface area (Å²) in [7, 11) is 0. The summed E-state index contributed by atoms with van der Waals surface area (Å²) in [6, 6.07) is 7.49. The Kier molecular flexibility index (Phi) is 5.77. The molecule has 1 N–H and O–H groups in total. The van der Waals surface area contributed by atoms with E-state index in [9.17, 15) is 4.79 Å². The van der Waals surface area contributed by atoms with Crippen LogP contribution in [-0.4, -0.2) is 24.0 Å². The number of carbonyl (C=O) groups is 1.